The third-order valence-electron chi connectivity index (χ3n) is 1.84. The molecule has 0 aromatic heterocycles. The van der Waals surface area contributed by atoms with Gasteiger partial charge in [0.15, 0.2) is 0 Å². The van der Waals surface area contributed by atoms with Gasteiger partial charge in [-0.15, -0.1) is 12.4 Å². The Morgan fingerprint density at radius 3 is 2.60 bits per heavy atom. The molecule has 0 spiro atoms. The van der Waals surface area contributed by atoms with E-state index in [2.05, 4.69) is 12.2 Å². The van der Waals surface area contributed by atoms with Gasteiger partial charge in [-0.3, -0.25) is 0 Å². The third kappa shape index (κ3) is 2.86. The van der Waals surface area contributed by atoms with Crippen molar-refractivity contribution in [1.29, 1.82) is 0 Å². The minimum Gasteiger partial charge on any atom is -0.383 e. The van der Waals surface area contributed by atoms with Gasteiger partial charge in [0, 0.05) is 19.2 Å². The highest BCUT2D eigenvalue weighted by Crippen LogP contribution is 2.10. The first-order valence-corrected chi connectivity index (χ1v) is 3.58. The minimum atomic E-state index is 0. The molecule has 0 aromatic carbocycles. The van der Waals surface area contributed by atoms with Crippen LogP contribution in [0.1, 0.15) is 19.8 Å². The molecule has 0 bridgehead atoms. The Hall–Kier alpha value is 0.210. The molecule has 0 amide bonds. The van der Waals surface area contributed by atoms with E-state index in [4.69, 9.17) is 4.74 Å². The molecular weight excluding hydrogens is 150 g/mol. The summed E-state index contributed by atoms with van der Waals surface area (Å²) in [5.41, 5.74) is 0. The topological polar surface area (TPSA) is 21.3 Å². The van der Waals surface area contributed by atoms with Crippen molar-refractivity contribution in [2.45, 2.75) is 31.8 Å². The first-order chi connectivity index (χ1) is 4.33. The maximum atomic E-state index is 5.01. The van der Waals surface area contributed by atoms with Crippen molar-refractivity contribution in [2.75, 3.05) is 13.7 Å². The Balaban J connectivity index is 0.000000810. The summed E-state index contributed by atoms with van der Waals surface area (Å²) >= 11 is 0. The van der Waals surface area contributed by atoms with Crippen molar-refractivity contribution in [1.82, 2.24) is 5.32 Å². The summed E-state index contributed by atoms with van der Waals surface area (Å²) < 4.78 is 5.01. The van der Waals surface area contributed by atoms with E-state index in [9.17, 15) is 0 Å². The van der Waals surface area contributed by atoms with Crippen LogP contribution >= 0.6 is 12.4 Å². The molecule has 2 atom stereocenters. The van der Waals surface area contributed by atoms with E-state index in [1.807, 2.05) is 0 Å². The summed E-state index contributed by atoms with van der Waals surface area (Å²) in [6.45, 7) is 3.08. The number of rotatable bonds is 2. The van der Waals surface area contributed by atoms with E-state index in [1.54, 1.807) is 7.11 Å². The molecule has 1 saturated heterocycles. The van der Waals surface area contributed by atoms with E-state index in [0.29, 0.717) is 12.1 Å². The summed E-state index contributed by atoms with van der Waals surface area (Å²) in [5, 5.41) is 3.43. The van der Waals surface area contributed by atoms with Crippen LogP contribution in [0.15, 0.2) is 0 Å². The second kappa shape index (κ2) is 4.94. The van der Waals surface area contributed by atoms with Crippen molar-refractivity contribution < 1.29 is 4.74 Å². The lowest BCUT2D eigenvalue weighted by Gasteiger charge is -2.08. The maximum absolute atomic E-state index is 5.01. The summed E-state index contributed by atoms with van der Waals surface area (Å²) in [5.74, 6) is 0. The summed E-state index contributed by atoms with van der Waals surface area (Å²) in [7, 11) is 1.75. The van der Waals surface area contributed by atoms with Crippen LogP contribution in [0.5, 0.6) is 0 Å². The van der Waals surface area contributed by atoms with E-state index in [1.165, 1.54) is 12.8 Å². The van der Waals surface area contributed by atoms with Gasteiger partial charge >= 0.3 is 0 Å². The monoisotopic (exact) mass is 165 g/mol. The van der Waals surface area contributed by atoms with Gasteiger partial charge in [-0.25, -0.2) is 0 Å². The van der Waals surface area contributed by atoms with Gasteiger partial charge in [-0.2, -0.15) is 0 Å². The van der Waals surface area contributed by atoms with Gasteiger partial charge in [0.25, 0.3) is 0 Å². The number of hydrogen-bond donors (Lipinski definition) is 1. The fourth-order valence-corrected chi connectivity index (χ4v) is 1.35. The first-order valence-electron chi connectivity index (χ1n) is 3.58. The quantitative estimate of drug-likeness (QED) is 0.664. The van der Waals surface area contributed by atoms with Gasteiger partial charge < -0.3 is 10.1 Å². The predicted octanol–water partition coefficient (Wildman–Crippen LogP) is 1.20. The van der Waals surface area contributed by atoms with E-state index in [-0.39, 0.29) is 12.4 Å². The fraction of sp³-hybridized carbons (Fsp3) is 1.00. The minimum absolute atomic E-state index is 0. The van der Waals surface area contributed by atoms with Gasteiger partial charge in [-0.1, -0.05) is 0 Å². The van der Waals surface area contributed by atoms with Crippen LogP contribution in [-0.4, -0.2) is 25.8 Å². The van der Waals surface area contributed by atoms with Crippen molar-refractivity contribution in [3.05, 3.63) is 0 Å². The van der Waals surface area contributed by atoms with Gasteiger partial charge in [0.05, 0.1) is 6.61 Å². The molecule has 0 aliphatic carbocycles. The highest BCUT2D eigenvalue weighted by atomic mass is 35.5. The molecule has 1 fully saturated rings. The molecule has 10 heavy (non-hydrogen) atoms. The molecule has 1 aliphatic rings. The molecule has 0 radical (unpaired) electrons. The van der Waals surface area contributed by atoms with Crippen LogP contribution in [0.3, 0.4) is 0 Å². The zero-order chi connectivity index (χ0) is 6.69. The van der Waals surface area contributed by atoms with Crippen LogP contribution in [0, 0.1) is 0 Å². The van der Waals surface area contributed by atoms with Crippen LogP contribution in [0.4, 0.5) is 0 Å². The molecule has 62 valence electrons. The summed E-state index contributed by atoms with van der Waals surface area (Å²) in [4.78, 5) is 0. The van der Waals surface area contributed by atoms with Crippen molar-refractivity contribution in [2.24, 2.45) is 0 Å². The van der Waals surface area contributed by atoms with Crippen molar-refractivity contribution in [3.63, 3.8) is 0 Å². The SMILES string of the molecule is COC[C@@H]1CC[C@@H](C)N1.Cl. The fourth-order valence-electron chi connectivity index (χ4n) is 1.35. The van der Waals surface area contributed by atoms with E-state index in [0.717, 1.165) is 6.61 Å². The number of hydrogen-bond acceptors (Lipinski definition) is 2. The number of nitrogens with one attached hydrogen (secondary N) is 1. The standard InChI is InChI=1S/C7H15NO.ClH/c1-6-3-4-7(8-6)5-9-2;/h6-8H,3-5H2,1-2H3;1H/t6-,7+;/m1./s1. The molecule has 1 rings (SSSR count). The molecule has 1 N–H and O–H groups in total. The lowest BCUT2D eigenvalue weighted by Crippen LogP contribution is -2.30. The molecule has 1 heterocycles. The Morgan fingerprint density at radius 2 is 2.20 bits per heavy atom. The maximum Gasteiger partial charge on any atom is 0.0615 e. The zero-order valence-corrected chi connectivity index (χ0v) is 7.41. The molecule has 2 nitrogen and oxygen atoms in total. The zero-order valence-electron chi connectivity index (χ0n) is 6.59. The van der Waals surface area contributed by atoms with E-state index < -0.39 is 0 Å². The second-order valence-corrected chi connectivity index (χ2v) is 2.80. The van der Waals surface area contributed by atoms with E-state index >= 15 is 0 Å². The third-order valence-corrected chi connectivity index (χ3v) is 1.84. The predicted molar refractivity (Wildman–Crippen MR) is 44.7 cm³/mol. The second-order valence-electron chi connectivity index (χ2n) is 2.80. The number of methoxy groups -OCH3 is 1. The molecule has 0 unspecified atom stereocenters. The van der Waals surface area contributed by atoms with Crippen molar-refractivity contribution >= 4 is 12.4 Å². The normalized spacial score (nSPS) is 31.8. The Bertz CT molecular complexity index is 87.7. The molecule has 0 saturated carbocycles. The van der Waals surface area contributed by atoms with Crippen LogP contribution in [0.25, 0.3) is 0 Å². The molecular formula is C7H16ClNO. The molecule has 0 aromatic rings. The molecule has 1 aliphatic heterocycles. The average Bonchev–Trinajstić information content (AvgIpc) is 2.17. The van der Waals surface area contributed by atoms with Crippen LogP contribution in [-0.2, 0) is 4.74 Å². The Morgan fingerprint density at radius 1 is 1.50 bits per heavy atom. The van der Waals surface area contributed by atoms with Crippen LogP contribution in [0.2, 0.25) is 0 Å². The summed E-state index contributed by atoms with van der Waals surface area (Å²) in [6, 6.07) is 1.31. The lowest BCUT2D eigenvalue weighted by molar-refractivity contribution is 0.172. The number of halogens is 1. The van der Waals surface area contributed by atoms with Gasteiger partial charge in [0.2, 0.25) is 0 Å². The largest absolute Gasteiger partial charge is 0.383 e. The van der Waals surface area contributed by atoms with Crippen molar-refractivity contribution in [3.8, 4) is 0 Å². The smallest absolute Gasteiger partial charge is 0.0615 e. The first kappa shape index (κ1) is 10.2. The number of ether oxygens (including phenoxy) is 1. The van der Waals surface area contributed by atoms with Gasteiger partial charge in [0.1, 0.15) is 0 Å². The van der Waals surface area contributed by atoms with Gasteiger partial charge in [-0.05, 0) is 19.8 Å². The highest BCUT2D eigenvalue weighted by molar-refractivity contribution is 5.85. The van der Waals surface area contributed by atoms with Crippen LogP contribution < -0.4 is 5.32 Å². The summed E-state index contributed by atoms with van der Waals surface area (Å²) in [6.07, 6.45) is 2.57. The molecule has 3 heteroatoms. The highest BCUT2D eigenvalue weighted by Gasteiger charge is 2.18. The average molecular weight is 166 g/mol. The Labute approximate surface area is 68.7 Å². The lowest BCUT2D eigenvalue weighted by atomic mass is 10.2. The Kier molecular flexibility index (Phi) is 5.04.